The Labute approximate surface area is 265 Å². The second-order valence-electron chi connectivity index (χ2n) is 10.9. The Morgan fingerprint density at radius 2 is 1.70 bits per heavy atom. The number of nitrogens with zero attached hydrogens (tertiary/aromatic N) is 1. The first-order valence-corrected chi connectivity index (χ1v) is 15.0. The summed E-state index contributed by atoms with van der Waals surface area (Å²) in [6, 6.07) is 14.7. The largest absolute Gasteiger partial charge is 0.461 e. The number of rotatable bonds is 10. The third-order valence-corrected chi connectivity index (χ3v) is 8.81. The lowest BCUT2D eigenvalue weighted by Gasteiger charge is -2.44. The van der Waals surface area contributed by atoms with Gasteiger partial charge < -0.3 is 14.2 Å². The maximum Gasteiger partial charge on any atom is 0.311 e. The number of hydrogen-bond donors (Lipinski definition) is 0. The molecule has 44 heavy (non-hydrogen) atoms. The van der Waals surface area contributed by atoms with Gasteiger partial charge in [-0.3, -0.25) is 19.3 Å². The SMILES string of the molecule is C=CCOC(=O)[C@@H](C)[C@@H](c1ccc(Cl)cc1)N1C(=O)c2cc(C(=O)C3CCOCC3)cc(F)c2[C@]1(OC)c1ccc(Cl)cc1. The summed E-state index contributed by atoms with van der Waals surface area (Å²) in [7, 11) is 1.37. The number of halogens is 3. The number of hydrogen-bond acceptors (Lipinski definition) is 6. The van der Waals surface area contributed by atoms with E-state index in [1.807, 2.05) is 0 Å². The molecule has 3 atom stereocenters. The minimum absolute atomic E-state index is 0.0381. The topological polar surface area (TPSA) is 82.1 Å². The van der Waals surface area contributed by atoms with Crippen molar-refractivity contribution in [2.24, 2.45) is 11.8 Å². The molecule has 10 heteroatoms. The van der Waals surface area contributed by atoms with Crippen LogP contribution < -0.4 is 0 Å². The smallest absolute Gasteiger partial charge is 0.311 e. The molecule has 230 valence electrons. The second kappa shape index (κ2) is 13.2. The molecule has 3 aromatic rings. The van der Waals surface area contributed by atoms with Crippen molar-refractivity contribution in [2.75, 3.05) is 26.9 Å². The number of Topliss-reactive ketones (excluding diaryl/α,β-unsaturated/α-hetero) is 1. The van der Waals surface area contributed by atoms with E-state index in [0.717, 1.165) is 6.07 Å². The normalized spacial score (nSPS) is 19.8. The summed E-state index contributed by atoms with van der Waals surface area (Å²) in [5.74, 6) is -3.58. The number of amides is 1. The predicted octanol–water partition coefficient (Wildman–Crippen LogP) is 7.15. The van der Waals surface area contributed by atoms with Crippen molar-refractivity contribution in [1.29, 1.82) is 0 Å². The van der Waals surface area contributed by atoms with Gasteiger partial charge in [-0.2, -0.15) is 0 Å². The van der Waals surface area contributed by atoms with Gasteiger partial charge >= 0.3 is 5.97 Å². The zero-order valence-electron chi connectivity index (χ0n) is 24.4. The van der Waals surface area contributed by atoms with Crippen molar-refractivity contribution >= 4 is 40.9 Å². The quantitative estimate of drug-likeness (QED) is 0.133. The Bertz CT molecular complexity index is 1570. The summed E-state index contributed by atoms with van der Waals surface area (Å²) in [6.45, 7) is 6.06. The highest BCUT2D eigenvalue weighted by Crippen LogP contribution is 2.52. The molecule has 1 saturated heterocycles. The molecule has 2 aliphatic heterocycles. The molecule has 0 unspecified atom stereocenters. The van der Waals surface area contributed by atoms with Crippen LogP contribution in [0.2, 0.25) is 10.0 Å². The van der Waals surface area contributed by atoms with Crippen LogP contribution in [-0.4, -0.2) is 49.5 Å². The van der Waals surface area contributed by atoms with Gasteiger partial charge in [0.1, 0.15) is 12.4 Å². The van der Waals surface area contributed by atoms with Gasteiger partial charge in [0.25, 0.3) is 5.91 Å². The van der Waals surface area contributed by atoms with E-state index in [-0.39, 0.29) is 35.0 Å². The summed E-state index contributed by atoms with van der Waals surface area (Å²) in [4.78, 5) is 42.9. The van der Waals surface area contributed by atoms with E-state index in [9.17, 15) is 14.4 Å². The molecule has 0 bridgehead atoms. The van der Waals surface area contributed by atoms with E-state index in [1.54, 1.807) is 55.5 Å². The molecule has 1 amide bonds. The van der Waals surface area contributed by atoms with Crippen molar-refractivity contribution in [2.45, 2.75) is 31.5 Å². The molecule has 3 aromatic carbocycles. The van der Waals surface area contributed by atoms with Gasteiger partial charge in [0, 0.05) is 47.4 Å². The van der Waals surface area contributed by atoms with Crippen LogP contribution in [0.4, 0.5) is 4.39 Å². The average Bonchev–Trinajstić information content (AvgIpc) is 3.29. The Kier molecular flexibility index (Phi) is 9.56. The average molecular weight is 641 g/mol. The Balaban J connectivity index is 1.75. The fourth-order valence-electron chi connectivity index (χ4n) is 6.17. The summed E-state index contributed by atoms with van der Waals surface area (Å²) in [5.41, 5.74) is -0.939. The number of esters is 1. The van der Waals surface area contributed by atoms with Crippen molar-refractivity contribution in [3.05, 3.63) is 117 Å². The number of carbonyl (C=O) groups excluding carboxylic acids is 3. The molecule has 2 heterocycles. The van der Waals surface area contributed by atoms with Gasteiger partial charge in [0.05, 0.1) is 23.1 Å². The third-order valence-electron chi connectivity index (χ3n) is 8.30. The van der Waals surface area contributed by atoms with Crippen LogP contribution in [0.25, 0.3) is 0 Å². The minimum atomic E-state index is -1.85. The van der Waals surface area contributed by atoms with Gasteiger partial charge in [0.15, 0.2) is 11.5 Å². The van der Waals surface area contributed by atoms with E-state index in [2.05, 4.69) is 6.58 Å². The molecule has 0 saturated carbocycles. The molecule has 2 aliphatic rings. The lowest BCUT2D eigenvalue weighted by Crippen LogP contribution is -2.51. The van der Waals surface area contributed by atoms with Crippen LogP contribution in [0, 0.1) is 17.7 Å². The first-order valence-electron chi connectivity index (χ1n) is 14.3. The second-order valence-corrected chi connectivity index (χ2v) is 11.7. The fourth-order valence-corrected chi connectivity index (χ4v) is 6.43. The lowest BCUT2D eigenvalue weighted by atomic mass is 9.86. The molecule has 0 N–H and O–H groups in total. The standard InChI is InChI=1S/C34H32Cl2FNO6/c1-4-15-44-33(41)20(2)30(21-5-9-25(35)10-6-21)38-32(40)27-18-23(31(39)22-13-16-43-17-14-22)19-28(37)29(27)34(38,42-3)24-7-11-26(36)12-8-24/h4-12,18-20,22,30H,1,13-17H2,2-3H3/t20-,30-,34+/m0/s1. The first-order chi connectivity index (χ1) is 21.1. The van der Waals surface area contributed by atoms with Crippen LogP contribution >= 0.6 is 23.2 Å². The summed E-state index contributed by atoms with van der Waals surface area (Å²) >= 11 is 12.4. The van der Waals surface area contributed by atoms with Crippen molar-refractivity contribution in [3.8, 4) is 0 Å². The van der Waals surface area contributed by atoms with Crippen LogP contribution in [0.5, 0.6) is 0 Å². The van der Waals surface area contributed by atoms with E-state index in [1.165, 1.54) is 24.2 Å². The number of ether oxygens (including phenoxy) is 3. The molecule has 0 spiro atoms. The Hall–Kier alpha value is -3.56. The highest BCUT2D eigenvalue weighted by atomic mass is 35.5. The van der Waals surface area contributed by atoms with E-state index >= 15 is 4.39 Å². The van der Waals surface area contributed by atoms with Crippen molar-refractivity contribution in [1.82, 2.24) is 4.90 Å². The lowest BCUT2D eigenvalue weighted by molar-refractivity contribution is -0.154. The van der Waals surface area contributed by atoms with Gasteiger partial charge in [-0.15, -0.1) is 0 Å². The molecule has 5 rings (SSSR count). The monoisotopic (exact) mass is 639 g/mol. The number of benzene rings is 3. The molecule has 7 nitrogen and oxygen atoms in total. The van der Waals surface area contributed by atoms with E-state index in [0.29, 0.717) is 47.2 Å². The van der Waals surface area contributed by atoms with Gasteiger partial charge in [0.2, 0.25) is 0 Å². The van der Waals surface area contributed by atoms with Crippen LogP contribution in [0.1, 0.15) is 63.2 Å². The summed E-state index contributed by atoms with van der Waals surface area (Å²) in [5, 5.41) is 0.869. The van der Waals surface area contributed by atoms with Gasteiger partial charge in [-0.1, -0.05) is 60.1 Å². The summed E-state index contributed by atoms with van der Waals surface area (Å²) in [6.07, 6.45) is 2.46. The maximum absolute atomic E-state index is 16.5. The molecular formula is C34H32Cl2FNO6. The van der Waals surface area contributed by atoms with E-state index < -0.39 is 35.4 Å². The fraction of sp³-hybridized carbons (Fsp3) is 0.324. The predicted molar refractivity (Wildman–Crippen MR) is 164 cm³/mol. The number of ketones is 1. The van der Waals surface area contributed by atoms with E-state index in [4.69, 9.17) is 37.4 Å². The molecule has 1 fully saturated rings. The minimum Gasteiger partial charge on any atom is -0.461 e. The molecule has 0 aromatic heterocycles. The van der Waals surface area contributed by atoms with Crippen molar-refractivity contribution in [3.63, 3.8) is 0 Å². The van der Waals surface area contributed by atoms with Gasteiger partial charge in [-0.25, -0.2) is 4.39 Å². The Morgan fingerprint density at radius 1 is 1.09 bits per heavy atom. The number of carbonyl (C=O) groups is 3. The molecular weight excluding hydrogens is 608 g/mol. The first kappa shape index (κ1) is 31.9. The summed E-state index contributed by atoms with van der Waals surface area (Å²) < 4.78 is 33.5. The molecule has 0 radical (unpaired) electrons. The highest BCUT2D eigenvalue weighted by molar-refractivity contribution is 6.30. The van der Waals surface area contributed by atoms with Gasteiger partial charge in [-0.05, 0) is 61.7 Å². The van der Waals surface area contributed by atoms with Crippen LogP contribution in [0.3, 0.4) is 0 Å². The zero-order valence-corrected chi connectivity index (χ0v) is 25.9. The number of methoxy groups -OCH3 is 1. The molecule has 0 aliphatic carbocycles. The maximum atomic E-state index is 16.5. The van der Waals surface area contributed by atoms with Crippen LogP contribution in [-0.2, 0) is 24.7 Å². The third kappa shape index (κ3) is 5.68. The zero-order chi connectivity index (χ0) is 31.6. The van der Waals surface area contributed by atoms with Crippen molar-refractivity contribution < 1.29 is 33.0 Å². The van der Waals surface area contributed by atoms with Crippen LogP contribution in [0.15, 0.2) is 73.3 Å². The Morgan fingerprint density at radius 3 is 2.30 bits per heavy atom. The number of fused-ring (bicyclic) bond motifs is 1. The highest BCUT2D eigenvalue weighted by Gasteiger charge is 2.58.